The van der Waals surface area contributed by atoms with Crippen LogP contribution in [-0.2, 0) is 4.79 Å². The van der Waals surface area contributed by atoms with Crippen LogP contribution in [0.25, 0.3) is 0 Å². The van der Waals surface area contributed by atoms with E-state index >= 15 is 0 Å². The minimum absolute atomic E-state index is 0.0822. The van der Waals surface area contributed by atoms with Crippen molar-refractivity contribution in [3.8, 4) is 0 Å². The van der Waals surface area contributed by atoms with E-state index in [1.807, 2.05) is 0 Å². The monoisotopic (exact) mass is 248 g/mol. The Hall–Kier alpha value is -1.26. The lowest BCUT2D eigenvalue weighted by molar-refractivity contribution is -0.114. The summed E-state index contributed by atoms with van der Waals surface area (Å²) < 4.78 is 0. The zero-order chi connectivity index (χ0) is 13.1. The smallest absolute Gasteiger partial charge is 0.166 e. The van der Waals surface area contributed by atoms with E-state index in [-0.39, 0.29) is 18.4 Å². The van der Waals surface area contributed by atoms with E-state index < -0.39 is 0 Å². The van der Waals surface area contributed by atoms with Crippen LogP contribution in [0.3, 0.4) is 0 Å². The topological polar surface area (TPSA) is 61.7 Å². The molecule has 0 aromatic heterocycles. The third kappa shape index (κ3) is 2.60. The van der Waals surface area contributed by atoms with Crippen LogP contribution in [0, 0.1) is 5.92 Å². The standard InChI is InChI=1S/C14H20N2O2/c1-9(2)12(8-17)16-7-10-3-4-11-13(18)5-6-15-14(10)11/h3,6,9,12,16-17H,4-5,7-8H2,1-2H3/t12-/m1/s1. The molecule has 1 atom stereocenters. The van der Waals surface area contributed by atoms with Gasteiger partial charge in [0.25, 0.3) is 0 Å². The maximum Gasteiger partial charge on any atom is 0.166 e. The summed E-state index contributed by atoms with van der Waals surface area (Å²) in [5.41, 5.74) is 2.77. The minimum Gasteiger partial charge on any atom is -0.395 e. The molecule has 1 aliphatic carbocycles. The molecule has 1 heterocycles. The van der Waals surface area contributed by atoms with Crippen LogP contribution in [0.1, 0.15) is 26.7 Å². The van der Waals surface area contributed by atoms with Crippen molar-refractivity contribution >= 4 is 12.0 Å². The summed E-state index contributed by atoms with van der Waals surface area (Å²) in [6.45, 7) is 4.93. The Morgan fingerprint density at radius 2 is 2.22 bits per heavy atom. The number of ketones is 1. The van der Waals surface area contributed by atoms with Crippen LogP contribution in [0.2, 0.25) is 0 Å². The Balaban J connectivity index is 1.99. The molecule has 18 heavy (non-hydrogen) atoms. The van der Waals surface area contributed by atoms with Gasteiger partial charge < -0.3 is 10.4 Å². The van der Waals surface area contributed by atoms with Gasteiger partial charge in [0.15, 0.2) is 5.78 Å². The summed E-state index contributed by atoms with van der Waals surface area (Å²) in [5, 5.41) is 12.6. The lowest BCUT2D eigenvalue weighted by Gasteiger charge is -2.20. The van der Waals surface area contributed by atoms with Crippen LogP contribution in [0.5, 0.6) is 0 Å². The number of aliphatic hydroxyl groups excluding tert-OH is 1. The summed E-state index contributed by atoms with van der Waals surface area (Å²) in [5.74, 6) is 0.566. The molecule has 2 aliphatic rings. The average Bonchev–Trinajstić information content (AvgIpc) is 2.74. The number of rotatable bonds is 5. The highest BCUT2D eigenvalue weighted by Crippen LogP contribution is 2.30. The van der Waals surface area contributed by atoms with E-state index in [2.05, 4.69) is 30.2 Å². The number of nitrogens with zero attached hydrogens (tertiary/aromatic N) is 1. The number of carbonyl (C=O) groups is 1. The second kappa shape index (κ2) is 5.59. The van der Waals surface area contributed by atoms with Gasteiger partial charge in [-0.3, -0.25) is 9.79 Å². The van der Waals surface area contributed by atoms with Crippen molar-refractivity contribution in [3.63, 3.8) is 0 Å². The molecule has 98 valence electrons. The predicted molar refractivity (Wildman–Crippen MR) is 71.6 cm³/mol. The molecule has 0 saturated carbocycles. The highest BCUT2D eigenvalue weighted by molar-refractivity contribution is 6.07. The molecule has 1 aliphatic heterocycles. The minimum atomic E-state index is 0.0822. The molecule has 0 aromatic rings. The van der Waals surface area contributed by atoms with E-state index in [0.717, 1.165) is 16.8 Å². The van der Waals surface area contributed by atoms with E-state index in [0.29, 0.717) is 25.3 Å². The second-order valence-electron chi connectivity index (χ2n) is 5.11. The van der Waals surface area contributed by atoms with Gasteiger partial charge in [0.2, 0.25) is 0 Å². The third-order valence-electron chi connectivity index (χ3n) is 3.53. The zero-order valence-corrected chi connectivity index (χ0v) is 10.9. The third-order valence-corrected chi connectivity index (χ3v) is 3.53. The van der Waals surface area contributed by atoms with Crippen molar-refractivity contribution in [2.75, 3.05) is 13.2 Å². The first-order valence-corrected chi connectivity index (χ1v) is 6.46. The van der Waals surface area contributed by atoms with E-state index in [4.69, 9.17) is 0 Å². The molecule has 0 spiro atoms. The molecular formula is C14H20N2O2. The molecule has 2 rings (SSSR count). The van der Waals surface area contributed by atoms with Crippen molar-refractivity contribution in [1.29, 1.82) is 0 Å². The fourth-order valence-electron chi connectivity index (χ4n) is 2.27. The molecule has 0 saturated heterocycles. The van der Waals surface area contributed by atoms with Crippen molar-refractivity contribution in [1.82, 2.24) is 5.32 Å². The fourth-order valence-corrected chi connectivity index (χ4v) is 2.27. The van der Waals surface area contributed by atoms with Gasteiger partial charge in [-0.15, -0.1) is 0 Å². The number of carbonyl (C=O) groups excluding carboxylic acids is 1. The van der Waals surface area contributed by atoms with E-state index in [1.54, 1.807) is 6.21 Å². The maximum atomic E-state index is 11.7. The summed E-state index contributed by atoms with van der Waals surface area (Å²) >= 11 is 0. The van der Waals surface area contributed by atoms with Crippen LogP contribution in [0.15, 0.2) is 27.9 Å². The normalized spacial score (nSPS) is 20.4. The average molecular weight is 248 g/mol. The number of aliphatic hydroxyl groups is 1. The quantitative estimate of drug-likeness (QED) is 0.769. The molecule has 0 fully saturated rings. The summed E-state index contributed by atoms with van der Waals surface area (Å²) in [7, 11) is 0. The molecular weight excluding hydrogens is 228 g/mol. The first-order valence-electron chi connectivity index (χ1n) is 6.46. The lowest BCUT2D eigenvalue weighted by atomic mass is 10.0. The number of hydrogen-bond acceptors (Lipinski definition) is 4. The first kappa shape index (κ1) is 13.2. The number of hydrogen-bond donors (Lipinski definition) is 2. The molecule has 0 bridgehead atoms. The van der Waals surface area contributed by atoms with Gasteiger partial charge in [-0.05, 0) is 17.9 Å². The van der Waals surface area contributed by atoms with E-state index in [1.165, 1.54) is 0 Å². The van der Waals surface area contributed by atoms with Gasteiger partial charge in [0.05, 0.1) is 12.3 Å². The van der Waals surface area contributed by atoms with Gasteiger partial charge in [0, 0.05) is 30.8 Å². The van der Waals surface area contributed by atoms with Crippen molar-refractivity contribution in [2.45, 2.75) is 32.7 Å². The lowest BCUT2D eigenvalue weighted by Crippen LogP contribution is -2.38. The highest BCUT2D eigenvalue weighted by atomic mass is 16.3. The maximum absolute atomic E-state index is 11.7. The molecule has 0 amide bonds. The summed E-state index contributed by atoms with van der Waals surface area (Å²) in [6.07, 6.45) is 4.88. The second-order valence-corrected chi connectivity index (χ2v) is 5.11. The number of allylic oxidation sites excluding steroid dienone is 2. The summed E-state index contributed by atoms with van der Waals surface area (Å²) in [4.78, 5) is 16.0. The molecule has 0 radical (unpaired) electrons. The van der Waals surface area contributed by atoms with Crippen molar-refractivity contribution in [2.24, 2.45) is 10.9 Å². The largest absolute Gasteiger partial charge is 0.395 e. The zero-order valence-electron chi connectivity index (χ0n) is 10.9. The van der Waals surface area contributed by atoms with Crippen molar-refractivity contribution in [3.05, 3.63) is 22.9 Å². The Kier molecular flexibility index (Phi) is 4.09. The molecule has 0 aromatic carbocycles. The predicted octanol–water partition coefficient (Wildman–Crippen LogP) is 1.22. The van der Waals surface area contributed by atoms with Crippen molar-refractivity contribution < 1.29 is 9.90 Å². The Morgan fingerprint density at radius 1 is 1.44 bits per heavy atom. The van der Waals surface area contributed by atoms with Crippen LogP contribution in [-0.4, -0.2) is 36.3 Å². The van der Waals surface area contributed by atoms with Gasteiger partial charge in [-0.25, -0.2) is 0 Å². The summed E-state index contributed by atoms with van der Waals surface area (Å²) in [6, 6.07) is 0.0822. The number of nitrogens with one attached hydrogen (secondary N) is 1. The molecule has 4 nitrogen and oxygen atoms in total. The molecule has 0 unspecified atom stereocenters. The van der Waals surface area contributed by atoms with E-state index in [9.17, 15) is 9.90 Å². The Morgan fingerprint density at radius 3 is 2.89 bits per heavy atom. The molecule has 4 heteroatoms. The van der Waals surface area contributed by atoms with Gasteiger partial charge in [-0.1, -0.05) is 19.9 Å². The first-order chi connectivity index (χ1) is 8.63. The fraction of sp³-hybridized carbons (Fsp3) is 0.571. The Labute approximate surface area is 107 Å². The van der Waals surface area contributed by atoms with Crippen LogP contribution in [0.4, 0.5) is 0 Å². The van der Waals surface area contributed by atoms with Crippen LogP contribution >= 0.6 is 0 Å². The van der Waals surface area contributed by atoms with Gasteiger partial charge in [0.1, 0.15) is 0 Å². The van der Waals surface area contributed by atoms with Gasteiger partial charge >= 0.3 is 0 Å². The number of Topliss-reactive ketones (excluding diaryl/α,β-unsaturated/α-hetero) is 1. The Bertz CT molecular complexity index is 433. The van der Waals surface area contributed by atoms with Gasteiger partial charge in [-0.2, -0.15) is 0 Å². The highest BCUT2D eigenvalue weighted by Gasteiger charge is 2.25. The number of aliphatic imine (C=N–C) groups is 1. The SMILES string of the molecule is CC(C)[C@@H](CO)NCC1=CCC2=C1N=CCC2=O. The molecule has 2 N–H and O–H groups in total. The van der Waals surface area contributed by atoms with Crippen LogP contribution < -0.4 is 5.32 Å².